The zero-order valence-electron chi connectivity index (χ0n) is 10.9. The molecular formula is C14H9Cl2F3N2O. The Labute approximate surface area is 134 Å². The zero-order valence-corrected chi connectivity index (χ0v) is 12.4. The smallest absolute Gasteiger partial charge is 0.243 e. The fraction of sp³-hybridized carbons (Fsp3) is 0.0714. The Morgan fingerprint density at radius 1 is 1.00 bits per heavy atom. The molecule has 2 N–H and O–H groups in total. The van der Waals surface area contributed by atoms with Crippen molar-refractivity contribution >= 4 is 40.5 Å². The molecule has 0 heterocycles. The van der Waals surface area contributed by atoms with Crippen LogP contribution < -0.4 is 10.6 Å². The van der Waals surface area contributed by atoms with Crippen molar-refractivity contribution in [3.8, 4) is 0 Å². The second-order valence-corrected chi connectivity index (χ2v) is 5.07. The Bertz CT molecular complexity index is 725. The number of hydrogen-bond donors (Lipinski definition) is 2. The maximum absolute atomic E-state index is 13.4. The summed E-state index contributed by atoms with van der Waals surface area (Å²) in [7, 11) is 0. The molecule has 0 radical (unpaired) electrons. The van der Waals surface area contributed by atoms with Crippen LogP contribution >= 0.6 is 23.2 Å². The summed E-state index contributed by atoms with van der Waals surface area (Å²) in [6.07, 6.45) is 0. The molecule has 0 unspecified atom stereocenters. The minimum atomic E-state index is -1.60. The van der Waals surface area contributed by atoms with Gasteiger partial charge in [-0.1, -0.05) is 23.2 Å². The molecule has 1 amide bonds. The van der Waals surface area contributed by atoms with Crippen molar-refractivity contribution in [2.75, 3.05) is 17.2 Å². The van der Waals surface area contributed by atoms with Gasteiger partial charge in [0.1, 0.15) is 0 Å². The lowest BCUT2D eigenvalue weighted by Crippen LogP contribution is -2.22. The molecule has 8 heteroatoms. The molecule has 0 aromatic heterocycles. The minimum Gasteiger partial charge on any atom is -0.374 e. The normalized spacial score (nSPS) is 10.4. The fourth-order valence-electron chi connectivity index (χ4n) is 1.62. The van der Waals surface area contributed by atoms with Crippen LogP contribution in [0.15, 0.2) is 30.3 Å². The number of benzene rings is 2. The van der Waals surface area contributed by atoms with Crippen molar-refractivity contribution in [3.63, 3.8) is 0 Å². The molecule has 0 fully saturated rings. The Hall–Kier alpha value is -1.92. The Morgan fingerprint density at radius 2 is 1.73 bits per heavy atom. The lowest BCUT2D eigenvalue weighted by Gasteiger charge is -2.09. The third-order valence-corrected chi connectivity index (χ3v) is 3.42. The van der Waals surface area contributed by atoms with Crippen molar-refractivity contribution in [2.24, 2.45) is 0 Å². The number of rotatable bonds is 4. The van der Waals surface area contributed by atoms with Crippen LogP contribution in [0.5, 0.6) is 0 Å². The molecule has 0 bridgehead atoms. The summed E-state index contributed by atoms with van der Waals surface area (Å²) < 4.78 is 39.2. The molecule has 22 heavy (non-hydrogen) atoms. The number of amides is 1. The van der Waals surface area contributed by atoms with Gasteiger partial charge in [0.05, 0.1) is 22.3 Å². The van der Waals surface area contributed by atoms with Gasteiger partial charge in [0.25, 0.3) is 0 Å². The third kappa shape index (κ3) is 3.84. The predicted molar refractivity (Wildman–Crippen MR) is 79.9 cm³/mol. The average molecular weight is 349 g/mol. The largest absolute Gasteiger partial charge is 0.374 e. The Morgan fingerprint density at radius 3 is 2.41 bits per heavy atom. The van der Waals surface area contributed by atoms with E-state index in [0.29, 0.717) is 10.7 Å². The maximum atomic E-state index is 13.4. The first-order valence-corrected chi connectivity index (χ1v) is 6.76. The van der Waals surface area contributed by atoms with E-state index in [2.05, 4.69) is 10.6 Å². The molecule has 116 valence electrons. The number of anilines is 2. The van der Waals surface area contributed by atoms with E-state index in [1.165, 1.54) is 18.2 Å². The van der Waals surface area contributed by atoms with Crippen LogP contribution in [0.1, 0.15) is 0 Å². The molecule has 0 saturated heterocycles. The second kappa shape index (κ2) is 6.89. The fourth-order valence-corrected chi connectivity index (χ4v) is 1.92. The van der Waals surface area contributed by atoms with Crippen molar-refractivity contribution in [2.45, 2.75) is 0 Å². The number of nitrogens with one attached hydrogen (secondary N) is 2. The topological polar surface area (TPSA) is 41.1 Å². The van der Waals surface area contributed by atoms with E-state index >= 15 is 0 Å². The summed E-state index contributed by atoms with van der Waals surface area (Å²) in [4.78, 5) is 11.7. The summed E-state index contributed by atoms with van der Waals surface area (Å²) in [5.41, 5.74) is 0.0788. The lowest BCUT2D eigenvalue weighted by atomic mass is 10.2. The zero-order chi connectivity index (χ0) is 16.3. The molecule has 2 rings (SSSR count). The van der Waals surface area contributed by atoms with Crippen LogP contribution in [-0.4, -0.2) is 12.5 Å². The van der Waals surface area contributed by atoms with Crippen LogP contribution in [0.3, 0.4) is 0 Å². The summed E-state index contributed by atoms with van der Waals surface area (Å²) in [5.74, 6) is -4.82. The van der Waals surface area contributed by atoms with Gasteiger partial charge in [0, 0.05) is 5.69 Å². The molecule has 0 aliphatic carbocycles. The molecule has 3 nitrogen and oxygen atoms in total. The molecular weight excluding hydrogens is 340 g/mol. The van der Waals surface area contributed by atoms with E-state index in [1.807, 2.05) is 0 Å². The van der Waals surface area contributed by atoms with Crippen LogP contribution in [0, 0.1) is 17.5 Å². The van der Waals surface area contributed by atoms with E-state index in [4.69, 9.17) is 23.2 Å². The molecule has 0 spiro atoms. The van der Waals surface area contributed by atoms with Crippen LogP contribution in [0.25, 0.3) is 0 Å². The van der Waals surface area contributed by atoms with E-state index in [0.717, 1.165) is 12.1 Å². The standard InChI is InChI=1S/C14H9Cl2F3N2O/c15-8-2-1-7(5-9(8)16)21-12(22)6-20-11-4-3-10(17)13(18)14(11)19/h1-5,20H,6H2,(H,21,22). The summed E-state index contributed by atoms with van der Waals surface area (Å²) >= 11 is 11.5. The van der Waals surface area contributed by atoms with Crippen molar-refractivity contribution in [3.05, 3.63) is 57.8 Å². The predicted octanol–water partition coefficient (Wildman–Crippen LogP) is 4.46. The van der Waals surface area contributed by atoms with Gasteiger partial charge < -0.3 is 10.6 Å². The van der Waals surface area contributed by atoms with Gasteiger partial charge >= 0.3 is 0 Å². The number of halogens is 5. The number of hydrogen-bond acceptors (Lipinski definition) is 2. The van der Waals surface area contributed by atoms with Gasteiger partial charge in [-0.3, -0.25) is 4.79 Å². The molecule has 2 aromatic carbocycles. The first kappa shape index (κ1) is 16.5. The molecule has 0 saturated carbocycles. The highest BCUT2D eigenvalue weighted by molar-refractivity contribution is 6.42. The monoisotopic (exact) mass is 348 g/mol. The minimum absolute atomic E-state index is 0.263. The summed E-state index contributed by atoms with van der Waals surface area (Å²) in [5, 5.41) is 5.46. The van der Waals surface area contributed by atoms with Gasteiger partial charge in [-0.15, -0.1) is 0 Å². The highest BCUT2D eigenvalue weighted by atomic mass is 35.5. The van der Waals surface area contributed by atoms with E-state index in [9.17, 15) is 18.0 Å². The van der Waals surface area contributed by atoms with Crippen LogP contribution in [-0.2, 0) is 4.79 Å². The quantitative estimate of drug-likeness (QED) is 0.801. The maximum Gasteiger partial charge on any atom is 0.243 e. The number of carbonyl (C=O) groups is 1. The van der Waals surface area contributed by atoms with Crippen molar-refractivity contribution < 1.29 is 18.0 Å². The first-order chi connectivity index (χ1) is 10.4. The van der Waals surface area contributed by atoms with E-state index in [-0.39, 0.29) is 17.3 Å². The SMILES string of the molecule is O=C(CNc1ccc(F)c(F)c1F)Nc1ccc(Cl)c(Cl)c1. The van der Waals surface area contributed by atoms with Crippen molar-refractivity contribution in [1.29, 1.82) is 0 Å². The Balaban J connectivity index is 1.98. The number of carbonyl (C=O) groups excluding carboxylic acids is 1. The van der Waals surface area contributed by atoms with Gasteiger partial charge in [0.2, 0.25) is 5.91 Å². The third-order valence-electron chi connectivity index (χ3n) is 2.68. The highest BCUT2D eigenvalue weighted by Crippen LogP contribution is 2.25. The highest BCUT2D eigenvalue weighted by Gasteiger charge is 2.14. The van der Waals surface area contributed by atoms with Crippen LogP contribution in [0.2, 0.25) is 10.0 Å². The molecule has 0 aliphatic rings. The van der Waals surface area contributed by atoms with E-state index in [1.54, 1.807) is 0 Å². The van der Waals surface area contributed by atoms with Crippen molar-refractivity contribution in [1.82, 2.24) is 0 Å². The molecule has 0 atom stereocenters. The molecule has 2 aromatic rings. The summed E-state index contributed by atoms with van der Waals surface area (Å²) in [6, 6.07) is 6.24. The van der Waals surface area contributed by atoms with Gasteiger partial charge in [0.15, 0.2) is 17.5 Å². The second-order valence-electron chi connectivity index (χ2n) is 4.25. The van der Waals surface area contributed by atoms with Gasteiger partial charge in [-0.2, -0.15) is 0 Å². The van der Waals surface area contributed by atoms with E-state index < -0.39 is 23.4 Å². The molecule has 0 aliphatic heterocycles. The summed E-state index contributed by atoms with van der Waals surface area (Å²) in [6.45, 7) is -0.345. The average Bonchev–Trinajstić information content (AvgIpc) is 2.48. The van der Waals surface area contributed by atoms with Gasteiger partial charge in [-0.25, -0.2) is 13.2 Å². The first-order valence-electron chi connectivity index (χ1n) is 6.00. The van der Waals surface area contributed by atoms with Gasteiger partial charge in [-0.05, 0) is 30.3 Å². The lowest BCUT2D eigenvalue weighted by molar-refractivity contribution is -0.114. The van der Waals surface area contributed by atoms with Crippen LogP contribution in [0.4, 0.5) is 24.5 Å². The Kier molecular flexibility index (Phi) is 5.15.